The highest BCUT2D eigenvalue weighted by atomic mass is 127. The third-order valence-electron chi connectivity index (χ3n) is 6.37. The Morgan fingerprint density at radius 2 is 1.56 bits per heavy atom. The number of amides is 2. The Hall–Kier alpha value is -1.11. The maximum atomic E-state index is 13.0. The van der Waals surface area contributed by atoms with Crippen LogP contribution in [0.3, 0.4) is 0 Å². The average molecular weight is 452 g/mol. The van der Waals surface area contributed by atoms with E-state index in [4.69, 9.17) is 0 Å². The van der Waals surface area contributed by atoms with Gasteiger partial charge in [0.2, 0.25) is 11.8 Å². The fourth-order valence-corrected chi connectivity index (χ4v) is 5.95. The molecule has 5 heteroatoms. The lowest BCUT2D eigenvalue weighted by Crippen LogP contribution is -2.56. The molecule has 0 radical (unpaired) electrons. The maximum Gasteiger partial charge on any atom is 0.246 e. The van der Waals surface area contributed by atoms with Gasteiger partial charge < -0.3 is 10.6 Å². The molecule has 2 N–H and O–H groups in total. The smallest absolute Gasteiger partial charge is 0.246 e. The van der Waals surface area contributed by atoms with Crippen molar-refractivity contribution in [1.82, 2.24) is 5.32 Å². The average Bonchev–Trinajstić information content (AvgIpc) is 2.55. The lowest BCUT2D eigenvalue weighted by atomic mass is 9.49. The largest absolute Gasteiger partial charge is 0.344 e. The molecule has 2 amide bonds. The first kappa shape index (κ1) is 17.3. The fraction of sp³-hybridized carbons (Fsp3) is 0.600. The first-order chi connectivity index (χ1) is 11.9. The second-order valence-electron chi connectivity index (χ2n) is 8.39. The second kappa shape index (κ2) is 6.56. The van der Waals surface area contributed by atoms with E-state index in [1.165, 1.54) is 19.3 Å². The Kier molecular flexibility index (Phi) is 4.54. The van der Waals surface area contributed by atoms with Crippen molar-refractivity contribution in [2.45, 2.75) is 51.5 Å². The van der Waals surface area contributed by atoms with Crippen molar-refractivity contribution in [3.8, 4) is 0 Å². The van der Waals surface area contributed by atoms with Crippen molar-refractivity contribution in [3.05, 3.63) is 27.8 Å². The molecule has 0 saturated heterocycles. The number of benzene rings is 1. The summed E-state index contributed by atoms with van der Waals surface area (Å²) in [6, 6.07) is 7.16. The molecule has 4 bridgehead atoms. The molecule has 1 atom stereocenters. The normalized spacial score (nSPS) is 33.8. The minimum atomic E-state index is -0.514. The Bertz CT molecular complexity index is 650. The van der Waals surface area contributed by atoms with E-state index < -0.39 is 6.04 Å². The molecule has 4 aliphatic carbocycles. The lowest BCUT2D eigenvalue weighted by Gasteiger charge is -2.55. The van der Waals surface area contributed by atoms with E-state index in [1.807, 2.05) is 24.3 Å². The van der Waals surface area contributed by atoms with Crippen LogP contribution in [0, 0.1) is 26.7 Å². The summed E-state index contributed by atoms with van der Waals surface area (Å²) in [5.74, 6) is 2.14. The first-order valence-corrected chi connectivity index (χ1v) is 10.4. The number of carbonyl (C=O) groups excluding carboxylic acids is 2. The molecule has 0 aromatic heterocycles. The summed E-state index contributed by atoms with van der Waals surface area (Å²) in [4.78, 5) is 25.4. The molecular formula is C20H25IN2O2. The molecule has 1 aromatic rings. The van der Waals surface area contributed by atoms with Gasteiger partial charge in [-0.3, -0.25) is 9.59 Å². The Morgan fingerprint density at radius 3 is 2.08 bits per heavy atom. The second-order valence-corrected chi connectivity index (χ2v) is 9.63. The van der Waals surface area contributed by atoms with Crippen LogP contribution in [0.5, 0.6) is 0 Å². The Morgan fingerprint density at radius 1 is 1.04 bits per heavy atom. The Labute approximate surface area is 162 Å². The summed E-state index contributed by atoms with van der Waals surface area (Å²) in [5.41, 5.74) is 0.563. The van der Waals surface area contributed by atoms with Crippen LogP contribution in [0.2, 0.25) is 0 Å². The number of hydrogen-bond acceptors (Lipinski definition) is 2. The van der Waals surface area contributed by atoms with Crippen LogP contribution >= 0.6 is 22.6 Å². The van der Waals surface area contributed by atoms with Gasteiger partial charge in [0, 0.05) is 14.7 Å². The van der Waals surface area contributed by atoms with Crippen molar-refractivity contribution in [2.75, 3.05) is 5.32 Å². The molecule has 0 unspecified atom stereocenters. The molecular weight excluding hydrogens is 427 g/mol. The third-order valence-corrected chi connectivity index (χ3v) is 7.09. The molecule has 1 aromatic carbocycles. The summed E-state index contributed by atoms with van der Waals surface area (Å²) in [6.45, 7) is 1.78. The summed E-state index contributed by atoms with van der Waals surface area (Å²) in [7, 11) is 0. The van der Waals surface area contributed by atoms with Gasteiger partial charge in [-0.15, -0.1) is 0 Å². The molecule has 0 spiro atoms. The standard InChI is InChI=1S/C20H25IN2O2/c1-12(18(24)23-17-4-2-16(21)3-5-17)22-19(25)20-9-13-6-14(10-20)8-15(7-13)11-20/h2-5,12-15H,6-11H2,1H3,(H,22,25)(H,23,24)/t12-,13?,14?,15?,20?/m1/s1. The van der Waals surface area contributed by atoms with Crippen molar-refractivity contribution < 1.29 is 9.59 Å². The molecule has 0 heterocycles. The van der Waals surface area contributed by atoms with E-state index in [-0.39, 0.29) is 17.2 Å². The van der Waals surface area contributed by atoms with Gasteiger partial charge in [0.25, 0.3) is 0 Å². The number of anilines is 1. The minimum absolute atomic E-state index is 0.108. The van der Waals surface area contributed by atoms with E-state index in [0.29, 0.717) is 0 Å². The minimum Gasteiger partial charge on any atom is -0.344 e. The number of carbonyl (C=O) groups is 2. The molecule has 4 fully saturated rings. The van der Waals surface area contributed by atoms with E-state index in [1.54, 1.807) is 6.92 Å². The summed E-state index contributed by atoms with van der Waals surface area (Å²) in [6.07, 6.45) is 7.02. The van der Waals surface area contributed by atoms with Gasteiger partial charge >= 0.3 is 0 Å². The highest BCUT2D eigenvalue weighted by Crippen LogP contribution is 2.60. The van der Waals surface area contributed by atoms with Gasteiger partial charge in [-0.05, 0) is 110 Å². The van der Waals surface area contributed by atoms with Gasteiger partial charge in [0.05, 0.1) is 0 Å². The maximum absolute atomic E-state index is 13.0. The van der Waals surface area contributed by atoms with E-state index >= 15 is 0 Å². The van der Waals surface area contributed by atoms with E-state index in [9.17, 15) is 9.59 Å². The van der Waals surface area contributed by atoms with Crippen LogP contribution in [-0.4, -0.2) is 17.9 Å². The molecule has 134 valence electrons. The van der Waals surface area contributed by atoms with E-state index in [0.717, 1.165) is 46.3 Å². The molecule has 4 aliphatic rings. The summed E-state index contributed by atoms with van der Waals surface area (Å²) in [5, 5.41) is 5.91. The zero-order valence-corrected chi connectivity index (χ0v) is 16.7. The fourth-order valence-electron chi connectivity index (χ4n) is 5.59. The molecule has 5 rings (SSSR count). The summed E-state index contributed by atoms with van der Waals surface area (Å²) < 4.78 is 1.12. The molecule has 25 heavy (non-hydrogen) atoms. The van der Waals surface area contributed by atoms with Crippen LogP contribution < -0.4 is 10.6 Å². The van der Waals surface area contributed by atoms with Crippen LogP contribution in [0.25, 0.3) is 0 Å². The summed E-state index contributed by atoms with van der Waals surface area (Å²) >= 11 is 2.23. The van der Waals surface area contributed by atoms with Gasteiger partial charge in [-0.2, -0.15) is 0 Å². The quantitative estimate of drug-likeness (QED) is 0.680. The van der Waals surface area contributed by atoms with Crippen LogP contribution in [0.15, 0.2) is 24.3 Å². The van der Waals surface area contributed by atoms with Crippen LogP contribution in [0.4, 0.5) is 5.69 Å². The van der Waals surface area contributed by atoms with Gasteiger partial charge in [-0.1, -0.05) is 0 Å². The number of nitrogens with one attached hydrogen (secondary N) is 2. The zero-order chi connectivity index (χ0) is 17.6. The van der Waals surface area contributed by atoms with Crippen LogP contribution in [0.1, 0.15) is 45.4 Å². The third kappa shape index (κ3) is 3.44. The predicted octanol–water partition coefficient (Wildman–Crippen LogP) is 3.95. The van der Waals surface area contributed by atoms with Crippen molar-refractivity contribution in [1.29, 1.82) is 0 Å². The SMILES string of the molecule is C[C@@H](NC(=O)C12CC3CC(CC(C3)C1)C2)C(=O)Nc1ccc(I)cc1. The molecule has 4 nitrogen and oxygen atoms in total. The number of hydrogen-bond donors (Lipinski definition) is 2. The van der Waals surface area contributed by atoms with Crippen LogP contribution in [-0.2, 0) is 9.59 Å². The zero-order valence-electron chi connectivity index (χ0n) is 14.6. The van der Waals surface area contributed by atoms with Gasteiger partial charge in [0.15, 0.2) is 0 Å². The Balaban J connectivity index is 1.38. The highest BCUT2D eigenvalue weighted by Gasteiger charge is 2.54. The first-order valence-electron chi connectivity index (χ1n) is 9.31. The van der Waals surface area contributed by atoms with E-state index in [2.05, 4.69) is 33.2 Å². The predicted molar refractivity (Wildman–Crippen MR) is 106 cm³/mol. The lowest BCUT2D eigenvalue weighted by molar-refractivity contribution is -0.147. The van der Waals surface area contributed by atoms with Gasteiger partial charge in [-0.25, -0.2) is 0 Å². The molecule has 0 aliphatic heterocycles. The molecule has 4 saturated carbocycles. The topological polar surface area (TPSA) is 58.2 Å². The number of rotatable bonds is 4. The van der Waals surface area contributed by atoms with Gasteiger partial charge in [0.1, 0.15) is 6.04 Å². The van der Waals surface area contributed by atoms with Crippen molar-refractivity contribution in [3.63, 3.8) is 0 Å². The number of halogens is 1. The van der Waals surface area contributed by atoms with Crippen molar-refractivity contribution in [2.24, 2.45) is 23.2 Å². The van der Waals surface area contributed by atoms with Crippen molar-refractivity contribution >= 4 is 40.1 Å². The highest BCUT2D eigenvalue weighted by molar-refractivity contribution is 14.1. The monoisotopic (exact) mass is 452 g/mol.